The third-order valence-electron chi connectivity index (χ3n) is 12.8. The second kappa shape index (κ2) is 15.2. The van der Waals surface area contributed by atoms with Gasteiger partial charge in [-0.15, -0.1) is 0 Å². The van der Waals surface area contributed by atoms with Crippen LogP contribution in [0.3, 0.4) is 0 Å². The summed E-state index contributed by atoms with van der Waals surface area (Å²) in [6.07, 6.45) is 0. The Morgan fingerprint density at radius 1 is 0.369 bits per heavy atom. The maximum atomic E-state index is 5.33. The van der Waals surface area contributed by atoms with E-state index >= 15 is 0 Å². The van der Waals surface area contributed by atoms with E-state index in [0.717, 1.165) is 50.1 Å². The second-order valence-corrected chi connectivity index (χ2v) is 17.6. The number of nitrogens with zero attached hydrogens (tertiary/aromatic N) is 4. The number of fused-ring (bicyclic) bond motifs is 8. The van der Waals surface area contributed by atoms with E-state index in [9.17, 15) is 0 Å². The molecule has 0 atom stereocenters. The van der Waals surface area contributed by atoms with Crippen molar-refractivity contribution >= 4 is 72.3 Å². The van der Waals surface area contributed by atoms with Crippen molar-refractivity contribution < 1.29 is 0 Å². The molecule has 0 saturated carbocycles. The SMILES string of the molecule is c1ccc(-c2ccc(-c3nc(-c4cccc(-n5c6cccc(-c7ccc8c(c7)Sc7ccccc7N8c7ccccc7)c6c6c7ccccc7ccc65)c4)nc4ccccc34)cc2)cc1. The molecule has 2 aromatic heterocycles. The molecule has 1 aliphatic rings. The van der Waals surface area contributed by atoms with Gasteiger partial charge >= 0.3 is 0 Å². The fourth-order valence-electron chi connectivity index (χ4n) is 9.79. The highest BCUT2D eigenvalue weighted by Crippen LogP contribution is 2.53. The molecule has 0 amide bonds. The normalized spacial score (nSPS) is 12.2. The Morgan fingerprint density at radius 3 is 1.89 bits per heavy atom. The molecule has 0 aliphatic carbocycles. The zero-order valence-electron chi connectivity index (χ0n) is 35.1. The minimum absolute atomic E-state index is 0.692. The van der Waals surface area contributed by atoms with Gasteiger partial charge in [-0.2, -0.15) is 0 Å². The molecule has 304 valence electrons. The molecule has 0 spiro atoms. The molecule has 0 fully saturated rings. The van der Waals surface area contributed by atoms with Crippen LogP contribution < -0.4 is 4.90 Å². The van der Waals surface area contributed by atoms with Crippen LogP contribution in [0.4, 0.5) is 17.1 Å². The Labute approximate surface area is 380 Å². The molecule has 13 rings (SSSR count). The maximum Gasteiger partial charge on any atom is 0.160 e. The van der Waals surface area contributed by atoms with Crippen LogP contribution >= 0.6 is 11.8 Å². The molecular formula is C60H38N4S. The molecule has 0 bridgehead atoms. The van der Waals surface area contributed by atoms with Crippen LogP contribution in [0.2, 0.25) is 0 Å². The predicted octanol–water partition coefficient (Wildman–Crippen LogP) is 16.5. The Balaban J connectivity index is 0.975. The van der Waals surface area contributed by atoms with Crippen molar-refractivity contribution in [2.75, 3.05) is 4.90 Å². The molecule has 0 unspecified atom stereocenters. The third kappa shape index (κ3) is 6.23. The van der Waals surface area contributed by atoms with E-state index in [1.54, 1.807) is 0 Å². The van der Waals surface area contributed by atoms with Gasteiger partial charge in [-0.25, -0.2) is 9.97 Å². The van der Waals surface area contributed by atoms with Gasteiger partial charge in [0.2, 0.25) is 0 Å². The van der Waals surface area contributed by atoms with Gasteiger partial charge in [-0.05, 0) is 99.8 Å². The highest BCUT2D eigenvalue weighted by molar-refractivity contribution is 7.99. The Kier molecular flexibility index (Phi) is 8.74. The molecule has 0 N–H and O–H groups in total. The topological polar surface area (TPSA) is 34.0 Å². The largest absolute Gasteiger partial charge is 0.309 e. The lowest BCUT2D eigenvalue weighted by molar-refractivity contribution is 1.17. The summed E-state index contributed by atoms with van der Waals surface area (Å²) in [7, 11) is 0. The number of benzene rings is 10. The molecule has 0 saturated heterocycles. The van der Waals surface area contributed by atoms with Crippen LogP contribution in [0.1, 0.15) is 0 Å². The van der Waals surface area contributed by atoms with Crippen LogP contribution in [-0.2, 0) is 0 Å². The van der Waals surface area contributed by atoms with Crippen molar-refractivity contribution in [3.8, 4) is 50.6 Å². The number of hydrogen-bond acceptors (Lipinski definition) is 4. The van der Waals surface area contributed by atoms with Crippen molar-refractivity contribution in [3.63, 3.8) is 0 Å². The van der Waals surface area contributed by atoms with E-state index in [1.807, 2.05) is 11.8 Å². The van der Waals surface area contributed by atoms with Gasteiger partial charge < -0.3 is 9.47 Å². The Morgan fingerprint density at radius 2 is 1.02 bits per heavy atom. The number of para-hydroxylation sites is 3. The van der Waals surface area contributed by atoms with E-state index in [4.69, 9.17) is 9.97 Å². The summed E-state index contributed by atoms with van der Waals surface area (Å²) in [6.45, 7) is 0. The zero-order chi connectivity index (χ0) is 42.8. The summed E-state index contributed by atoms with van der Waals surface area (Å²) < 4.78 is 2.43. The van der Waals surface area contributed by atoms with Crippen molar-refractivity contribution in [3.05, 3.63) is 231 Å². The molecule has 5 heteroatoms. The standard InChI is InChI=1S/C60H38N4S/c1-3-15-39(16-4-1)40-29-31-42(32-30-40)59-49-23-9-10-25-50(49)61-60(62-59)44-18-13-21-46(37-44)64-53-27-14-24-48(58(53)57-47-22-8-7-17-41(47)33-36-54(57)64)43-34-35-52-56(38-43)65-55-28-12-11-26-51(55)63(52)45-19-5-2-6-20-45/h1-38H. The maximum absolute atomic E-state index is 5.33. The number of anilines is 3. The van der Waals surface area contributed by atoms with Crippen molar-refractivity contribution in [1.82, 2.24) is 14.5 Å². The van der Waals surface area contributed by atoms with Gasteiger partial charge in [0.05, 0.1) is 33.6 Å². The third-order valence-corrected chi connectivity index (χ3v) is 13.9. The predicted molar refractivity (Wildman–Crippen MR) is 272 cm³/mol. The van der Waals surface area contributed by atoms with Crippen LogP contribution in [0.5, 0.6) is 0 Å². The highest BCUT2D eigenvalue weighted by atomic mass is 32.2. The van der Waals surface area contributed by atoms with Gasteiger partial charge in [0.15, 0.2) is 5.82 Å². The van der Waals surface area contributed by atoms with E-state index in [1.165, 1.54) is 65.0 Å². The summed E-state index contributed by atoms with van der Waals surface area (Å²) in [5.74, 6) is 0.692. The number of rotatable bonds is 6. The lowest BCUT2D eigenvalue weighted by atomic mass is 9.96. The molecule has 3 heterocycles. The molecule has 1 aliphatic heterocycles. The van der Waals surface area contributed by atoms with E-state index in [2.05, 4.69) is 240 Å². The average Bonchev–Trinajstić information content (AvgIpc) is 3.73. The zero-order valence-corrected chi connectivity index (χ0v) is 36.0. The first-order chi connectivity index (χ1) is 32.2. The van der Waals surface area contributed by atoms with Crippen molar-refractivity contribution in [2.45, 2.75) is 9.79 Å². The van der Waals surface area contributed by atoms with Gasteiger partial charge in [0.25, 0.3) is 0 Å². The first-order valence-corrected chi connectivity index (χ1v) is 22.8. The van der Waals surface area contributed by atoms with Crippen molar-refractivity contribution in [1.29, 1.82) is 0 Å². The second-order valence-electron chi connectivity index (χ2n) is 16.5. The van der Waals surface area contributed by atoms with Crippen LogP contribution in [0, 0.1) is 0 Å². The van der Waals surface area contributed by atoms with Gasteiger partial charge in [0.1, 0.15) is 0 Å². The first kappa shape index (κ1) is 37.3. The smallest absolute Gasteiger partial charge is 0.160 e. The molecule has 0 radical (unpaired) electrons. The number of aromatic nitrogens is 3. The summed E-state index contributed by atoms with van der Waals surface area (Å²) in [4.78, 5) is 15.4. The van der Waals surface area contributed by atoms with E-state index < -0.39 is 0 Å². The Bertz CT molecular complexity index is 3800. The van der Waals surface area contributed by atoms with Gasteiger partial charge in [-0.3, -0.25) is 0 Å². The minimum atomic E-state index is 0.692. The molecule has 65 heavy (non-hydrogen) atoms. The molecule has 10 aromatic carbocycles. The fraction of sp³-hybridized carbons (Fsp3) is 0. The summed E-state index contributed by atoms with van der Waals surface area (Å²) >= 11 is 1.84. The van der Waals surface area contributed by atoms with Crippen LogP contribution in [-0.4, -0.2) is 14.5 Å². The minimum Gasteiger partial charge on any atom is -0.309 e. The quantitative estimate of drug-likeness (QED) is 0.167. The number of hydrogen-bond donors (Lipinski definition) is 0. The monoisotopic (exact) mass is 846 g/mol. The summed E-state index contributed by atoms with van der Waals surface area (Å²) in [5, 5.41) is 5.94. The lowest BCUT2D eigenvalue weighted by Crippen LogP contribution is -2.14. The van der Waals surface area contributed by atoms with E-state index in [0.29, 0.717) is 5.82 Å². The fourth-order valence-corrected chi connectivity index (χ4v) is 10.9. The van der Waals surface area contributed by atoms with Gasteiger partial charge in [-0.1, -0.05) is 176 Å². The van der Waals surface area contributed by atoms with E-state index in [-0.39, 0.29) is 0 Å². The first-order valence-electron chi connectivity index (χ1n) is 22.0. The van der Waals surface area contributed by atoms with Crippen LogP contribution in [0.15, 0.2) is 240 Å². The summed E-state index contributed by atoms with van der Waals surface area (Å²) in [6, 6.07) is 82.7. The molecule has 12 aromatic rings. The molecular weight excluding hydrogens is 809 g/mol. The summed E-state index contributed by atoms with van der Waals surface area (Å²) in [5.41, 5.74) is 15.5. The van der Waals surface area contributed by atoms with Crippen molar-refractivity contribution in [2.24, 2.45) is 0 Å². The highest BCUT2D eigenvalue weighted by Gasteiger charge is 2.26. The Hall–Kier alpha value is -8.25. The van der Waals surface area contributed by atoms with Gasteiger partial charge in [0, 0.05) is 48.5 Å². The lowest BCUT2D eigenvalue weighted by Gasteiger charge is -2.33. The average molecular weight is 847 g/mol. The molecule has 4 nitrogen and oxygen atoms in total. The van der Waals surface area contributed by atoms with Crippen LogP contribution in [0.25, 0.3) is 94.1 Å².